The van der Waals surface area contributed by atoms with Gasteiger partial charge in [0.2, 0.25) is 5.91 Å². The van der Waals surface area contributed by atoms with E-state index < -0.39 is 0 Å². The fourth-order valence-corrected chi connectivity index (χ4v) is 3.46. The average Bonchev–Trinajstić information content (AvgIpc) is 2.70. The highest BCUT2D eigenvalue weighted by Crippen LogP contribution is 2.22. The van der Waals surface area contributed by atoms with Crippen LogP contribution in [0.15, 0.2) is 29.3 Å². The van der Waals surface area contributed by atoms with E-state index in [4.69, 9.17) is 0 Å². The Morgan fingerprint density at radius 2 is 1.77 bits per heavy atom. The van der Waals surface area contributed by atoms with Gasteiger partial charge >= 0.3 is 0 Å². The molecule has 7 heteroatoms. The number of carbonyl (C=O) groups excluding carboxylic acids is 1. The molecule has 6 nitrogen and oxygen atoms in total. The summed E-state index contributed by atoms with van der Waals surface area (Å²) in [6.07, 6.45) is 3.01. The Labute approximate surface area is 199 Å². The van der Waals surface area contributed by atoms with E-state index in [1.807, 2.05) is 7.05 Å². The van der Waals surface area contributed by atoms with E-state index in [0.717, 1.165) is 51.4 Å². The number of rotatable bonds is 7. The van der Waals surface area contributed by atoms with Gasteiger partial charge in [-0.15, -0.1) is 24.0 Å². The molecule has 0 atom stereocenters. The topological polar surface area (TPSA) is 68.8 Å². The van der Waals surface area contributed by atoms with Gasteiger partial charge in [0.1, 0.15) is 0 Å². The Morgan fingerprint density at radius 3 is 2.30 bits per heavy atom. The zero-order chi connectivity index (χ0) is 21.3. The van der Waals surface area contributed by atoms with Gasteiger partial charge < -0.3 is 16.0 Å². The molecule has 1 aromatic rings. The van der Waals surface area contributed by atoms with Gasteiger partial charge in [-0.2, -0.15) is 0 Å². The molecule has 1 aliphatic rings. The zero-order valence-electron chi connectivity index (χ0n) is 19.3. The summed E-state index contributed by atoms with van der Waals surface area (Å²) in [6.45, 7) is 12.6. The largest absolute Gasteiger partial charge is 0.355 e. The minimum absolute atomic E-state index is 0. The first-order valence-electron chi connectivity index (χ1n) is 10.9. The normalized spacial score (nSPS) is 16.0. The molecule has 1 heterocycles. The smallest absolute Gasteiger partial charge is 0.234 e. The molecular weight excluding hydrogens is 489 g/mol. The van der Waals surface area contributed by atoms with Crippen molar-refractivity contribution in [2.45, 2.75) is 65.0 Å². The second kappa shape index (κ2) is 13.1. The number of likely N-dealkylation sites (tertiary alicyclic amines) is 1. The van der Waals surface area contributed by atoms with Crippen LogP contribution in [0.4, 0.5) is 0 Å². The molecule has 0 saturated carbocycles. The first-order valence-corrected chi connectivity index (χ1v) is 10.9. The highest BCUT2D eigenvalue weighted by molar-refractivity contribution is 14.0. The standard InChI is InChI=1S/C23H39N5O.HI/c1-6-13-25-21(29)17-28-14-11-20(12-15-28)27-22(24-5)26-16-18-7-9-19(10-8-18)23(2,3)4;/h7-10,20H,6,11-17H2,1-5H3,(H,25,29)(H2,24,26,27);1H. The maximum atomic E-state index is 11.9. The predicted molar refractivity (Wildman–Crippen MR) is 137 cm³/mol. The lowest BCUT2D eigenvalue weighted by Gasteiger charge is -2.32. The molecule has 2 rings (SSSR count). The monoisotopic (exact) mass is 529 g/mol. The number of piperidine rings is 1. The quantitative estimate of drug-likeness (QED) is 0.288. The third-order valence-electron chi connectivity index (χ3n) is 5.37. The molecule has 1 aromatic carbocycles. The Bertz CT molecular complexity index is 661. The van der Waals surface area contributed by atoms with E-state index >= 15 is 0 Å². The number of benzene rings is 1. The van der Waals surface area contributed by atoms with E-state index in [-0.39, 0.29) is 35.3 Å². The van der Waals surface area contributed by atoms with Crippen molar-refractivity contribution in [3.63, 3.8) is 0 Å². The molecule has 3 N–H and O–H groups in total. The number of amides is 1. The minimum atomic E-state index is 0. The Balaban J connectivity index is 0.00000450. The maximum absolute atomic E-state index is 11.9. The molecule has 170 valence electrons. The van der Waals surface area contributed by atoms with Crippen molar-refractivity contribution in [1.82, 2.24) is 20.9 Å². The summed E-state index contributed by atoms with van der Waals surface area (Å²) in [7, 11) is 1.81. The van der Waals surface area contributed by atoms with E-state index in [0.29, 0.717) is 12.6 Å². The maximum Gasteiger partial charge on any atom is 0.234 e. The third kappa shape index (κ3) is 9.20. The van der Waals surface area contributed by atoms with Gasteiger partial charge in [-0.3, -0.25) is 14.7 Å². The van der Waals surface area contributed by atoms with Gasteiger partial charge in [0.25, 0.3) is 0 Å². The van der Waals surface area contributed by atoms with Crippen molar-refractivity contribution in [2.24, 2.45) is 4.99 Å². The molecule has 1 fully saturated rings. The number of hydrogen-bond donors (Lipinski definition) is 3. The van der Waals surface area contributed by atoms with Crippen LogP contribution in [0.2, 0.25) is 0 Å². The predicted octanol–water partition coefficient (Wildman–Crippen LogP) is 3.26. The zero-order valence-corrected chi connectivity index (χ0v) is 21.6. The molecule has 1 saturated heterocycles. The summed E-state index contributed by atoms with van der Waals surface area (Å²) in [5.74, 6) is 0.970. The number of guanidine groups is 1. The fourth-order valence-electron chi connectivity index (χ4n) is 3.46. The number of aliphatic imine (C=N–C) groups is 1. The lowest BCUT2D eigenvalue weighted by Crippen LogP contribution is -2.50. The molecule has 0 spiro atoms. The van der Waals surface area contributed by atoms with Crippen LogP contribution in [-0.2, 0) is 16.8 Å². The summed E-state index contributed by atoms with van der Waals surface area (Å²) in [5, 5.41) is 9.90. The molecule has 0 aliphatic carbocycles. The molecule has 0 bridgehead atoms. The second-order valence-electron chi connectivity index (χ2n) is 8.92. The lowest BCUT2D eigenvalue weighted by molar-refractivity contribution is -0.122. The van der Waals surface area contributed by atoms with Gasteiger partial charge in [-0.05, 0) is 35.8 Å². The Hall–Kier alpha value is -1.35. The molecule has 1 aliphatic heterocycles. The van der Waals surface area contributed by atoms with Crippen LogP contribution < -0.4 is 16.0 Å². The second-order valence-corrected chi connectivity index (χ2v) is 8.92. The van der Waals surface area contributed by atoms with Crippen molar-refractivity contribution in [2.75, 3.05) is 33.2 Å². The SMILES string of the molecule is CCCNC(=O)CN1CCC(NC(=NC)NCc2ccc(C(C)(C)C)cc2)CC1.I. The highest BCUT2D eigenvalue weighted by Gasteiger charge is 2.21. The highest BCUT2D eigenvalue weighted by atomic mass is 127. The van der Waals surface area contributed by atoms with Gasteiger partial charge in [0.05, 0.1) is 6.54 Å². The summed E-state index contributed by atoms with van der Waals surface area (Å²) in [6, 6.07) is 9.17. The number of carbonyl (C=O) groups is 1. The third-order valence-corrected chi connectivity index (χ3v) is 5.37. The van der Waals surface area contributed by atoms with Crippen molar-refractivity contribution in [3.05, 3.63) is 35.4 Å². The summed E-state index contributed by atoms with van der Waals surface area (Å²) in [5.41, 5.74) is 2.77. The Kier molecular flexibility index (Phi) is 11.7. The minimum Gasteiger partial charge on any atom is -0.355 e. The van der Waals surface area contributed by atoms with E-state index in [1.165, 1.54) is 11.1 Å². The van der Waals surface area contributed by atoms with Crippen LogP contribution in [-0.4, -0.2) is 56.0 Å². The van der Waals surface area contributed by atoms with Crippen molar-refractivity contribution >= 4 is 35.8 Å². The fraction of sp³-hybridized carbons (Fsp3) is 0.652. The molecule has 0 unspecified atom stereocenters. The molecular formula is C23H40IN5O. The van der Waals surface area contributed by atoms with Crippen molar-refractivity contribution in [1.29, 1.82) is 0 Å². The molecule has 1 amide bonds. The van der Waals surface area contributed by atoms with Crippen LogP contribution in [0, 0.1) is 0 Å². The van der Waals surface area contributed by atoms with Gasteiger partial charge in [-0.1, -0.05) is 52.0 Å². The first-order chi connectivity index (χ1) is 13.8. The number of hydrogen-bond acceptors (Lipinski definition) is 3. The number of nitrogens with zero attached hydrogens (tertiary/aromatic N) is 2. The van der Waals surface area contributed by atoms with Crippen LogP contribution in [0.5, 0.6) is 0 Å². The summed E-state index contributed by atoms with van der Waals surface area (Å²) >= 11 is 0. The van der Waals surface area contributed by atoms with E-state index in [2.05, 4.69) is 77.8 Å². The lowest BCUT2D eigenvalue weighted by atomic mass is 9.87. The van der Waals surface area contributed by atoms with Crippen LogP contribution in [0.3, 0.4) is 0 Å². The molecule has 30 heavy (non-hydrogen) atoms. The van der Waals surface area contributed by atoms with E-state index in [9.17, 15) is 4.79 Å². The van der Waals surface area contributed by atoms with Crippen molar-refractivity contribution in [3.8, 4) is 0 Å². The average molecular weight is 530 g/mol. The summed E-state index contributed by atoms with van der Waals surface area (Å²) in [4.78, 5) is 18.5. The number of halogens is 1. The summed E-state index contributed by atoms with van der Waals surface area (Å²) < 4.78 is 0. The van der Waals surface area contributed by atoms with Crippen LogP contribution in [0.1, 0.15) is 58.1 Å². The number of nitrogens with one attached hydrogen (secondary N) is 3. The molecule has 0 radical (unpaired) electrons. The van der Waals surface area contributed by atoms with Gasteiger partial charge in [0, 0.05) is 39.3 Å². The van der Waals surface area contributed by atoms with Gasteiger partial charge in [0.15, 0.2) is 5.96 Å². The van der Waals surface area contributed by atoms with E-state index in [1.54, 1.807) is 0 Å². The van der Waals surface area contributed by atoms with Gasteiger partial charge in [-0.25, -0.2) is 0 Å². The van der Waals surface area contributed by atoms with Crippen LogP contribution >= 0.6 is 24.0 Å². The molecule has 0 aromatic heterocycles. The van der Waals surface area contributed by atoms with Crippen molar-refractivity contribution < 1.29 is 4.79 Å². The van der Waals surface area contributed by atoms with Crippen LogP contribution in [0.25, 0.3) is 0 Å². The first kappa shape index (κ1) is 26.7. The Morgan fingerprint density at radius 1 is 1.13 bits per heavy atom.